The molecule has 198 valence electrons. The number of benzene rings is 3. The van der Waals surface area contributed by atoms with Crippen molar-refractivity contribution >= 4 is 29.8 Å². The maximum Gasteiger partial charge on any atom is 0.407 e. The molecule has 0 saturated carbocycles. The Kier molecular flexibility index (Phi) is 9.26. The number of carbonyl (C=O) groups excluding carboxylic acids is 2. The van der Waals surface area contributed by atoms with Gasteiger partial charge in [0.2, 0.25) is 0 Å². The van der Waals surface area contributed by atoms with E-state index < -0.39 is 30.7 Å². The van der Waals surface area contributed by atoms with Gasteiger partial charge in [-0.15, -0.1) is 0 Å². The summed E-state index contributed by atoms with van der Waals surface area (Å²) >= 11 is 1.56. The summed E-state index contributed by atoms with van der Waals surface area (Å²) in [6, 6.07) is 21.9. The quantitative estimate of drug-likeness (QED) is 0.317. The molecule has 2 N–H and O–H groups in total. The summed E-state index contributed by atoms with van der Waals surface area (Å²) in [5.74, 6) is -0.648. The van der Waals surface area contributed by atoms with Gasteiger partial charge in [0.1, 0.15) is 25.0 Å². The number of amides is 1. The van der Waals surface area contributed by atoms with E-state index in [1.807, 2.05) is 42.7 Å². The molecule has 9 heteroatoms. The fraction of sp³-hybridized carbons (Fsp3) is 0.276. The van der Waals surface area contributed by atoms with E-state index >= 15 is 0 Å². The fourth-order valence-electron chi connectivity index (χ4n) is 4.35. The van der Waals surface area contributed by atoms with E-state index in [9.17, 15) is 14.4 Å². The predicted molar refractivity (Wildman–Crippen MR) is 144 cm³/mol. The Bertz CT molecular complexity index is 1230. The van der Waals surface area contributed by atoms with Gasteiger partial charge in [-0.25, -0.2) is 14.4 Å². The number of esters is 1. The Labute approximate surface area is 225 Å². The summed E-state index contributed by atoms with van der Waals surface area (Å²) in [4.78, 5) is 36.1. The molecule has 3 aromatic carbocycles. The molecular weight excluding hydrogens is 506 g/mol. The van der Waals surface area contributed by atoms with Gasteiger partial charge in [0.15, 0.2) is 6.61 Å². The Hall–Kier alpha value is -3.98. The highest BCUT2D eigenvalue weighted by molar-refractivity contribution is 7.98. The number of carboxylic acid groups (broad SMARTS) is 1. The topological polar surface area (TPSA) is 111 Å². The molecule has 0 unspecified atom stereocenters. The smallest absolute Gasteiger partial charge is 0.407 e. The number of thioether (sulfide) groups is 1. The third-order valence-electron chi connectivity index (χ3n) is 6.20. The maximum atomic E-state index is 12.8. The van der Waals surface area contributed by atoms with Crippen LogP contribution in [0.2, 0.25) is 0 Å². The number of carbonyl (C=O) groups is 3. The van der Waals surface area contributed by atoms with Crippen LogP contribution in [0.15, 0.2) is 72.8 Å². The highest BCUT2D eigenvalue weighted by atomic mass is 32.2. The number of alkyl carbamates (subject to hydrolysis) is 1. The molecule has 3 aromatic rings. The molecular formula is C29H29NO7S. The maximum absolute atomic E-state index is 12.8. The average Bonchev–Trinajstić information content (AvgIpc) is 3.25. The highest BCUT2D eigenvalue weighted by Crippen LogP contribution is 2.44. The molecule has 1 aliphatic carbocycles. The second-order valence-electron chi connectivity index (χ2n) is 8.74. The summed E-state index contributed by atoms with van der Waals surface area (Å²) in [5.41, 5.74) is 5.20. The van der Waals surface area contributed by atoms with Crippen molar-refractivity contribution in [3.8, 4) is 16.9 Å². The number of carboxylic acids is 1. The summed E-state index contributed by atoms with van der Waals surface area (Å²) in [5, 5.41) is 11.4. The number of fused-ring (bicyclic) bond motifs is 3. The molecule has 0 bridgehead atoms. The molecule has 0 aliphatic heterocycles. The van der Waals surface area contributed by atoms with Crippen molar-refractivity contribution in [3.05, 3.63) is 89.5 Å². The van der Waals surface area contributed by atoms with Crippen LogP contribution >= 0.6 is 11.8 Å². The third-order valence-corrected chi connectivity index (χ3v) is 6.84. The van der Waals surface area contributed by atoms with Crippen LogP contribution in [0.25, 0.3) is 11.1 Å². The highest BCUT2D eigenvalue weighted by Gasteiger charge is 2.30. The van der Waals surface area contributed by atoms with Crippen molar-refractivity contribution in [1.29, 1.82) is 0 Å². The molecule has 8 nitrogen and oxygen atoms in total. The lowest BCUT2D eigenvalue weighted by Crippen LogP contribution is -2.42. The summed E-state index contributed by atoms with van der Waals surface area (Å²) in [6.45, 7) is -0.284. The van der Waals surface area contributed by atoms with Crippen LogP contribution in [0, 0.1) is 0 Å². The van der Waals surface area contributed by atoms with Crippen molar-refractivity contribution in [2.75, 3.05) is 25.2 Å². The van der Waals surface area contributed by atoms with Gasteiger partial charge in [0, 0.05) is 5.92 Å². The van der Waals surface area contributed by atoms with Crippen LogP contribution in [0.4, 0.5) is 4.79 Å². The first-order valence-corrected chi connectivity index (χ1v) is 13.6. The van der Waals surface area contributed by atoms with Gasteiger partial charge in [-0.1, -0.05) is 60.7 Å². The van der Waals surface area contributed by atoms with Gasteiger partial charge >= 0.3 is 18.0 Å². The largest absolute Gasteiger partial charge is 0.482 e. The van der Waals surface area contributed by atoms with Crippen molar-refractivity contribution in [2.45, 2.75) is 25.0 Å². The molecule has 0 spiro atoms. The Balaban J connectivity index is 1.32. The number of nitrogens with one attached hydrogen (secondary N) is 1. The van der Waals surface area contributed by atoms with Gasteiger partial charge < -0.3 is 24.6 Å². The predicted octanol–water partition coefficient (Wildman–Crippen LogP) is 4.85. The Morgan fingerprint density at radius 1 is 0.921 bits per heavy atom. The zero-order chi connectivity index (χ0) is 26.9. The number of aliphatic carboxylic acids is 1. The second kappa shape index (κ2) is 13.0. The summed E-state index contributed by atoms with van der Waals surface area (Å²) < 4.78 is 16.1. The fourth-order valence-corrected chi connectivity index (χ4v) is 4.82. The van der Waals surface area contributed by atoms with Gasteiger partial charge in [-0.3, -0.25) is 0 Å². The van der Waals surface area contributed by atoms with Crippen LogP contribution in [0.1, 0.15) is 29.0 Å². The van der Waals surface area contributed by atoms with E-state index in [2.05, 4.69) is 17.4 Å². The lowest BCUT2D eigenvalue weighted by Gasteiger charge is -2.19. The van der Waals surface area contributed by atoms with Crippen LogP contribution in [0.5, 0.6) is 5.75 Å². The molecule has 38 heavy (non-hydrogen) atoms. The first-order chi connectivity index (χ1) is 18.5. The SMILES string of the molecule is CSCC[C@H](NC(=O)OCC1c2ccccc2-c2ccccc21)C(=O)OCc1ccc(OCC(=O)O)cc1. The van der Waals surface area contributed by atoms with E-state index in [0.717, 1.165) is 22.3 Å². The Morgan fingerprint density at radius 3 is 2.16 bits per heavy atom. The normalized spacial score (nSPS) is 12.7. The van der Waals surface area contributed by atoms with Gasteiger partial charge in [0.25, 0.3) is 0 Å². The van der Waals surface area contributed by atoms with E-state index in [4.69, 9.17) is 19.3 Å². The van der Waals surface area contributed by atoms with Crippen molar-refractivity contribution in [3.63, 3.8) is 0 Å². The van der Waals surface area contributed by atoms with Crippen LogP contribution in [-0.4, -0.2) is 54.4 Å². The lowest BCUT2D eigenvalue weighted by atomic mass is 9.98. The lowest BCUT2D eigenvalue weighted by molar-refractivity contribution is -0.147. The van der Waals surface area contributed by atoms with Crippen LogP contribution in [0.3, 0.4) is 0 Å². The monoisotopic (exact) mass is 535 g/mol. The number of hydrogen-bond donors (Lipinski definition) is 2. The van der Waals surface area contributed by atoms with Gasteiger partial charge in [0.05, 0.1) is 0 Å². The molecule has 1 atom stereocenters. The third kappa shape index (κ3) is 6.86. The summed E-state index contributed by atoms with van der Waals surface area (Å²) in [7, 11) is 0. The first kappa shape index (κ1) is 27.1. The standard InChI is InChI=1S/C29H29NO7S/c1-38-15-14-26(28(33)36-16-19-10-12-20(13-11-19)35-18-27(31)32)30-29(34)37-17-25-23-8-4-2-6-21(23)22-7-3-5-9-24(22)25/h2-13,25-26H,14-18H2,1H3,(H,30,34)(H,31,32)/t26-/m0/s1. The molecule has 0 saturated heterocycles. The zero-order valence-corrected chi connectivity index (χ0v) is 21.7. The molecule has 0 aromatic heterocycles. The number of hydrogen-bond acceptors (Lipinski definition) is 7. The van der Waals surface area contributed by atoms with E-state index in [0.29, 0.717) is 23.5 Å². The average molecular weight is 536 g/mol. The molecule has 0 heterocycles. The van der Waals surface area contributed by atoms with Crippen molar-refractivity contribution < 1.29 is 33.7 Å². The minimum atomic E-state index is -1.07. The van der Waals surface area contributed by atoms with Crippen LogP contribution < -0.4 is 10.1 Å². The zero-order valence-electron chi connectivity index (χ0n) is 20.9. The minimum absolute atomic E-state index is 0.000180. The molecule has 4 rings (SSSR count). The summed E-state index contributed by atoms with van der Waals surface area (Å²) in [6.07, 6.45) is 1.64. The van der Waals surface area contributed by atoms with Crippen LogP contribution in [-0.2, 0) is 25.7 Å². The molecule has 0 radical (unpaired) electrons. The van der Waals surface area contributed by atoms with Crippen molar-refractivity contribution in [2.24, 2.45) is 0 Å². The number of rotatable bonds is 12. The van der Waals surface area contributed by atoms with Gasteiger partial charge in [-0.2, -0.15) is 11.8 Å². The first-order valence-electron chi connectivity index (χ1n) is 12.2. The van der Waals surface area contributed by atoms with E-state index in [1.165, 1.54) is 0 Å². The molecule has 0 fully saturated rings. The van der Waals surface area contributed by atoms with E-state index in [-0.39, 0.29) is 19.1 Å². The van der Waals surface area contributed by atoms with E-state index in [1.54, 1.807) is 36.0 Å². The second-order valence-corrected chi connectivity index (χ2v) is 9.72. The molecule has 1 amide bonds. The number of ether oxygens (including phenoxy) is 3. The van der Waals surface area contributed by atoms with Crippen molar-refractivity contribution in [1.82, 2.24) is 5.32 Å². The van der Waals surface area contributed by atoms with Gasteiger partial charge in [-0.05, 0) is 58.4 Å². The Morgan fingerprint density at radius 2 is 1.55 bits per heavy atom. The molecule has 1 aliphatic rings. The minimum Gasteiger partial charge on any atom is -0.482 e.